The lowest BCUT2D eigenvalue weighted by atomic mass is 9.89. The van der Waals surface area contributed by atoms with Gasteiger partial charge in [-0.3, -0.25) is 9.59 Å². The highest BCUT2D eigenvalue weighted by atomic mass is 35.5. The zero-order valence-corrected chi connectivity index (χ0v) is 31.9. The van der Waals surface area contributed by atoms with Gasteiger partial charge >= 0.3 is 12.4 Å². The van der Waals surface area contributed by atoms with Crippen LogP contribution in [0.3, 0.4) is 0 Å². The smallest absolute Gasteiger partial charge is 0.352 e. The van der Waals surface area contributed by atoms with E-state index in [0.29, 0.717) is 28.8 Å². The Hall–Kier alpha value is -4.77. The Morgan fingerprint density at radius 3 is 1.49 bits per heavy atom. The Morgan fingerprint density at radius 2 is 1.07 bits per heavy atom. The van der Waals surface area contributed by atoms with Gasteiger partial charge in [-0.2, -0.15) is 26.3 Å². The first-order valence-electron chi connectivity index (χ1n) is 18.3. The van der Waals surface area contributed by atoms with E-state index in [1.54, 1.807) is 0 Å². The van der Waals surface area contributed by atoms with Crippen molar-refractivity contribution in [2.45, 2.75) is 76.6 Å². The van der Waals surface area contributed by atoms with Crippen LogP contribution < -0.4 is 21.3 Å². The summed E-state index contributed by atoms with van der Waals surface area (Å²) >= 11 is 11.8. The Balaban J connectivity index is 0.000000218. The summed E-state index contributed by atoms with van der Waals surface area (Å²) in [6, 6.07) is 9.58. The van der Waals surface area contributed by atoms with Crippen LogP contribution in [-0.2, 0) is 12.4 Å². The third kappa shape index (κ3) is 13.1. The van der Waals surface area contributed by atoms with Crippen LogP contribution in [0.5, 0.6) is 0 Å². The molecule has 2 heterocycles. The first-order valence-corrected chi connectivity index (χ1v) is 19.0. The number of amides is 2. The van der Waals surface area contributed by atoms with Gasteiger partial charge in [-0.25, -0.2) is 24.3 Å². The van der Waals surface area contributed by atoms with Gasteiger partial charge in [0.1, 0.15) is 5.82 Å². The molecule has 0 spiro atoms. The molecule has 0 saturated heterocycles. The minimum Gasteiger partial charge on any atom is -0.352 e. The SMILES string of the molecule is O=C(NCC1CCCCC1)c1cnc(Nc2cc(Cl)cc(Cl)c2)nc1C(F)(F)F.O=C(NCC1CCCCC1)c1cnc(Nc2cccc(F)c2)nc1C(F)(F)F. The van der Waals surface area contributed by atoms with E-state index in [-0.39, 0.29) is 29.4 Å². The zero-order chi connectivity index (χ0) is 41.2. The number of alkyl halides is 6. The van der Waals surface area contributed by atoms with Crippen LogP contribution in [0.2, 0.25) is 10.0 Å². The highest BCUT2D eigenvalue weighted by molar-refractivity contribution is 6.35. The van der Waals surface area contributed by atoms with Crippen molar-refractivity contribution in [3.05, 3.63) is 93.2 Å². The lowest BCUT2D eigenvalue weighted by Gasteiger charge is -2.22. The van der Waals surface area contributed by atoms with E-state index in [0.717, 1.165) is 82.7 Å². The van der Waals surface area contributed by atoms with Crippen LogP contribution >= 0.6 is 23.2 Å². The summed E-state index contributed by atoms with van der Waals surface area (Å²) in [5, 5.41) is 10.9. The number of aromatic nitrogens is 4. The molecule has 57 heavy (non-hydrogen) atoms. The number of carbonyl (C=O) groups is 2. The van der Waals surface area contributed by atoms with Crippen molar-refractivity contribution in [3.8, 4) is 0 Å². The van der Waals surface area contributed by atoms with Crippen molar-refractivity contribution in [1.82, 2.24) is 30.6 Å². The minimum absolute atomic E-state index is 0.197. The zero-order valence-electron chi connectivity index (χ0n) is 30.3. The Bertz CT molecular complexity index is 1990. The summed E-state index contributed by atoms with van der Waals surface area (Å²) in [7, 11) is 0. The Labute approximate surface area is 333 Å². The molecule has 0 unspecified atom stereocenters. The third-order valence-electron chi connectivity index (χ3n) is 9.36. The fourth-order valence-electron chi connectivity index (χ4n) is 6.55. The molecule has 2 aliphatic rings. The van der Waals surface area contributed by atoms with E-state index in [9.17, 15) is 40.3 Å². The fourth-order valence-corrected chi connectivity index (χ4v) is 7.07. The molecular formula is C38H39Cl2F7N8O2. The van der Waals surface area contributed by atoms with Crippen molar-refractivity contribution in [2.24, 2.45) is 11.8 Å². The lowest BCUT2D eigenvalue weighted by molar-refractivity contribution is -0.142. The van der Waals surface area contributed by atoms with E-state index < -0.39 is 52.5 Å². The molecule has 2 amide bonds. The fraction of sp³-hybridized carbons (Fsp3) is 0.421. The predicted molar refractivity (Wildman–Crippen MR) is 201 cm³/mol. The number of halogens is 9. The predicted octanol–water partition coefficient (Wildman–Crippen LogP) is 10.5. The highest BCUT2D eigenvalue weighted by Crippen LogP contribution is 2.33. The molecule has 10 nitrogen and oxygen atoms in total. The van der Waals surface area contributed by atoms with E-state index in [1.807, 2.05) is 0 Å². The van der Waals surface area contributed by atoms with E-state index in [2.05, 4.69) is 41.2 Å². The summed E-state index contributed by atoms with van der Waals surface area (Å²) in [5.74, 6) is -2.37. The molecule has 0 aliphatic heterocycles. The second kappa shape index (κ2) is 19.6. The highest BCUT2D eigenvalue weighted by Gasteiger charge is 2.39. The quantitative estimate of drug-likeness (QED) is 0.116. The standard InChI is InChI=1S/C19H19Cl2F3N4O.C19H20F4N4O/c20-12-6-13(21)8-14(7-12)27-18-26-10-15(16(28-18)19(22,23)24)17(29)25-9-11-4-2-1-3-5-11;20-13-7-4-8-14(9-13)26-18-25-11-15(16(27-18)19(21,22)23)17(28)24-10-12-5-2-1-3-6-12/h6-8,10-11H,1-5,9H2,(H,25,29)(H,26,27,28);4,7-9,11-12H,1-3,5-6,10H2,(H,24,28)(H,25,26,27). The summed E-state index contributed by atoms with van der Waals surface area (Å²) in [5.41, 5.74) is -3.35. The molecule has 6 rings (SSSR count). The molecular weight excluding hydrogens is 804 g/mol. The minimum atomic E-state index is -4.83. The maximum Gasteiger partial charge on any atom is 0.434 e. The van der Waals surface area contributed by atoms with Gasteiger partial charge in [0.15, 0.2) is 11.4 Å². The Kier molecular flexibility index (Phi) is 14.9. The topological polar surface area (TPSA) is 134 Å². The average molecular weight is 844 g/mol. The van der Waals surface area contributed by atoms with Crippen LogP contribution in [-0.4, -0.2) is 44.8 Å². The van der Waals surface area contributed by atoms with Gasteiger partial charge in [0, 0.05) is 46.9 Å². The van der Waals surface area contributed by atoms with Crippen molar-refractivity contribution < 1.29 is 40.3 Å². The van der Waals surface area contributed by atoms with Crippen LogP contribution in [0, 0.1) is 17.7 Å². The van der Waals surface area contributed by atoms with Crippen LogP contribution in [0.4, 0.5) is 54.0 Å². The second-order valence-electron chi connectivity index (χ2n) is 13.8. The molecule has 4 aromatic rings. The monoisotopic (exact) mass is 842 g/mol. The lowest BCUT2D eigenvalue weighted by Crippen LogP contribution is -2.32. The molecule has 0 atom stereocenters. The van der Waals surface area contributed by atoms with E-state index >= 15 is 0 Å². The van der Waals surface area contributed by atoms with E-state index in [1.165, 1.54) is 36.4 Å². The second-order valence-corrected chi connectivity index (χ2v) is 14.6. The van der Waals surface area contributed by atoms with Crippen molar-refractivity contribution >= 4 is 58.3 Å². The molecule has 2 aromatic carbocycles. The molecule has 19 heteroatoms. The average Bonchev–Trinajstić information content (AvgIpc) is 3.16. The van der Waals surface area contributed by atoms with Gasteiger partial charge in [0.2, 0.25) is 11.9 Å². The number of benzene rings is 2. The summed E-state index contributed by atoms with van der Waals surface area (Å²) < 4.78 is 94.0. The molecule has 0 bridgehead atoms. The number of rotatable bonds is 10. The normalized spacial score (nSPS) is 15.2. The largest absolute Gasteiger partial charge is 0.434 e. The van der Waals surface area contributed by atoms with Gasteiger partial charge in [-0.1, -0.05) is 67.8 Å². The number of nitrogens with zero attached hydrogens (tertiary/aromatic N) is 4. The molecule has 2 aromatic heterocycles. The van der Waals surface area contributed by atoms with Gasteiger partial charge in [0.05, 0.1) is 11.1 Å². The molecule has 306 valence electrons. The first-order chi connectivity index (χ1) is 27.0. The number of hydrogen-bond acceptors (Lipinski definition) is 8. The van der Waals surface area contributed by atoms with Crippen LogP contribution in [0.1, 0.15) is 96.3 Å². The maximum absolute atomic E-state index is 13.5. The third-order valence-corrected chi connectivity index (χ3v) is 9.79. The molecule has 2 aliphatic carbocycles. The first kappa shape index (κ1) is 43.4. The number of nitrogens with one attached hydrogen (secondary N) is 4. The summed E-state index contributed by atoms with van der Waals surface area (Å²) in [4.78, 5) is 39.3. The van der Waals surface area contributed by atoms with E-state index in [4.69, 9.17) is 23.2 Å². The van der Waals surface area contributed by atoms with Gasteiger partial charge in [-0.15, -0.1) is 0 Å². The number of carbonyl (C=O) groups excluding carboxylic acids is 2. The Morgan fingerprint density at radius 1 is 0.632 bits per heavy atom. The van der Waals surface area contributed by atoms with Gasteiger partial charge in [-0.05, 0) is 73.9 Å². The van der Waals surface area contributed by atoms with Crippen molar-refractivity contribution in [2.75, 3.05) is 23.7 Å². The van der Waals surface area contributed by atoms with Crippen molar-refractivity contribution in [3.63, 3.8) is 0 Å². The maximum atomic E-state index is 13.5. The summed E-state index contributed by atoms with van der Waals surface area (Å²) in [6.45, 7) is 0.677. The van der Waals surface area contributed by atoms with Crippen LogP contribution in [0.25, 0.3) is 0 Å². The molecule has 4 N–H and O–H groups in total. The number of hydrogen-bond donors (Lipinski definition) is 4. The van der Waals surface area contributed by atoms with Crippen LogP contribution in [0.15, 0.2) is 54.9 Å². The van der Waals surface area contributed by atoms with Gasteiger partial charge in [0.25, 0.3) is 11.8 Å². The number of anilines is 4. The van der Waals surface area contributed by atoms with Crippen molar-refractivity contribution in [1.29, 1.82) is 0 Å². The van der Waals surface area contributed by atoms with Gasteiger partial charge < -0.3 is 21.3 Å². The molecule has 2 fully saturated rings. The molecule has 2 saturated carbocycles. The molecule has 0 radical (unpaired) electrons. The summed E-state index contributed by atoms with van der Waals surface area (Å²) in [6.07, 6.45) is 2.50.